The second kappa shape index (κ2) is 8.83. The molecule has 1 amide bonds. The maximum atomic E-state index is 14.7. The Bertz CT molecular complexity index is 1410. The number of nitrogens with one attached hydrogen (secondary N) is 3. The van der Waals surface area contributed by atoms with E-state index in [1.165, 1.54) is 16.7 Å². The number of alkyl carbamates (subject to hydrolysis) is 1. The Morgan fingerprint density at radius 3 is 2.74 bits per heavy atom. The van der Waals surface area contributed by atoms with Crippen LogP contribution in [-0.4, -0.2) is 54.8 Å². The van der Waals surface area contributed by atoms with Gasteiger partial charge in [0.1, 0.15) is 29.7 Å². The van der Waals surface area contributed by atoms with Crippen LogP contribution in [0.3, 0.4) is 0 Å². The van der Waals surface area contributed by atoms with Crippen LogP contribution < -0.4 is 10.6 Å². The maximum Gasteiger partial charge on any atom is 0.522 e. The number of nitriles is 1. The molecule has 11 nitrogen and oxygen atoms in total. The number of hydrogen-bond acceptors (Lipinski definition) is 8. The molecule has 200 valence electrons. The summed E-state index contributed by atoms with van der Waals surface area (Å²) < 4.78 is 62.5. The number of aromatic amines is 1. The van der Waals surface area contributed by atoms with Gasteiger partial charge < -0.3 is 15.4 Å². The van der Waals surface area contributed by atoms with Gasteiger partial charge in [-0.15, -0.1) is 13.2 Å². The summed E-state index contributed by atoms with van der Waals surface area (Å²) in [4.78, 5) is 20.5. The van der Waals surface area contributed by atoms with Gasteiger partial charge in [-0.2, -0.15) is 10.4 Å². The molecule has 0 aromatic carbocycles. The normalized spacial score (nSPS) is 27.9. The lowest BCUT2D eigenvalue weighted by Gasteiger charge is -2.61. The van der Waals surface area contributed by atoms with Gasteiger partial charge in [-0.05, 0) is 38.0 Å². The van der Waals surface area contributed by atoms with Crippen LogP contribution in [0.4, 0.5) is 34.1 Å². The molecule has 38 heavy (non-hydrogen) atoms. The fourth-order valence-electron chi connectivity index (χ4n) is 5.47. The van der Waals surface area contributed by atoms with Crippen molar-refractivity contribution >= 4 is 23.5 Å². The molecule has 3 atom stereocenters. The third kappa shape index (κ3) is 4.71. The smallest absolute Gasteiger partial charge is 0.443 e. The first-order chi connectivity index (χ1) is 18.1. The first-order valence-electron chi connectivity index (χ1n) is 12.0. The molecular formula is C23H22F4N8O3. The van der Waals surface area contributed by atoms with Gasteiger partial charge >= 0.3 is 12.5 Å². The summed E-state index contributed by atoms with van der Waals surface area (Å²) in [6, 6.07) is 4.84. The van der Waals surface area contributed by atoms with Gasteiger partial charge in [-0.1, -0.05) is 0 Å². The first kappa shape index (κ1) is 24.4. The Balaban J connectivity index is 1.13. The van der Waals surface area contributed by atoms with Gasteiger partial charge in [-0.25, -0.2) is 19.2 Å². The number of nitrogens with zero attached hydrogens (tertiary/aromatic N) is 5. The number of amides is 1. The highest BCUT2D eigenvalue weighted by Gasteiger charge is 2.58. The van der Waals surface area contributed by atoms with Gasteiger partial charge in [0.05, 0.1) is 12.3 Å². The molecule has 3 N–H and O–H groups in total. The summed E-state index contributed by atoms with van der Waals surface area (Å²) in [6.07, 6.45) is -3.01. The Hall–Kier alpha value is -3.93. The molecule has 0 spiro atoms. The number of alkyl halides is 4. The molecule has 3 aromatic rings. The lowest BCUT2D eigenvalue weighted by atomic mass is 9.50. The zero-order valence-corrected chi connectivity index (χ0v) is 19.8. The number of imidazole rings is 1. The van der Waals surface area contributed by atoms with E-state index in [1.54, 1.807) is 6.07 Å². The number of H-pyrrole nitrogens is 1. The highest BCUT2D eigenvalue weighted by atomic mass is 19.4. The topological polar surface area (TPSA) is 142 Å². The fourth-order valence-corrected chi connectivity index (χ4v) is 5.47. The van der Waals surface area contributed by atoms with E-state index in [0.29, 0.717) is 11.6 Å². The number of fused-ring (bicyclic) bond motifs is 1. The minimum absolute atomic E-state index is 0.0159. The van der Waals surface area contributed by atoms with Gasteiger partial charge in [0.15, 0.2) is 5.82 Å². The van der Waals surface area contributed by atoms with Gasteiger partial charge in [-0.3, -0.25) is 14.2 Å². The Labute approximate surface area is 212 Å². The minimum Gasteiger partial charge on any atom is -0.443 e. The van der Waals surface area contributed by atoms with Crippen LogP contribution in [-0.2, 0) is 16.1 Å². The van der Waals surface area contributed by atoms with E-state index in [-0.39, 0.29) is 53.1 Å². The number of hydrogen-bond donors (Lipinski definition) is 3. The molecular weight excluding hydrogens is 512 g/mol. The summed E-state index contributed by atoms with van der Waals surface area (Å²) in [5.41, 5.74) is 0.605. The molecule has 3 heterocycles. The quantitative estimate of drug-likeness (QED) is 0.387. The Morgan fingerprint density at radius 2 is 2.05 bits per heavy atom. The van der Waals surface area contributed by atoms with E-state index in [0.717, 1.165) is 19.3 Å². The summed E-state index contributed by atoms with van der Waals surface area (Å²) in [5.74, 6) is 0.783. The van der Waals surface area contributed by atoms with Crippen LogP contribution in [0, 0.1) is 17.2 Å². The molecule has 0 aliphatic heterocycles. The van der Waals surface area contributed by atoms with Crippen LogP contribution in [0.1, 0.15) is 55.1 Å². The van der Waals surface area contributed by atoms with Crippen molar-refractivity contribution in [2.45, 2.75) is 68.8 Å². The predicted molar refractivity (Wildman–Crippen MR) is 121 cm³/mol. The third-order valence-corrected chi connectivity index (χ3v) is 7.37. The van der Waals surface area contributed by atoms with E-state index in [9.17, 15) is 27.6 Å². The molecule has 0 unspecified atom stereocenters. The van der Waals surface area contributed by atoms with Gasteiger partial charge in [0.2, 0.25) is 5.95 Å². The van der Waals surface area contributed by atoms with Crippen LogP contribution >= 0.6 is 0 Å². The first-order valence-corrected chi connectivity index (χ1v) is 12.0. The molecule has 4 saturated carbocycles. The highest BCUT2D eigenvalue weighted by Crippen LogP contribution is 2.57. The molecule has 0 saturated heterocycles. The van der Waals surface area contributed by atoms with Crippen LogP contribution in [0.15, 0.2) is 18.3 Å². The molecule has 4 aliphatic carbocycles. The SMILES string of the molecule is N#Cc1cc2nc(COC(F)(F)F)cn2c(Nc2cc([C@H]3C[C@@H](F)[C@@H](OC(=O)NC45CC(C4)C5)C3)[nH]n2)n1. The second-order valence-corrected chi connectivity index (χ2v) is 10.1. The minimum atomic E-state index is -4.82. The average Bonchev–Trinajstić information content (AvgIpc) is 3.52. The molecule has 7 rings (SSSR count). The molecule has 4 fully saturated rings. The zero-order chi connectivity index (χ0) is 26.7. The van der Waals surface area contributed by atoms with E-state index in [1.807, 2.05) is 6.07 Å². The third-order valence-electron chi connectivity index (χ3n) is 7.37. The molecule has 15 heteroatoms. The molecule has 3 aromatic heterocycles. The number of carbonyl (C=O) groups excluding carboxylic acids is 1. The van der Waals surface area contributed by atoms with Crippen LogP contribution in [0.25, 0.3) is 5.65 Å². The van der Waals surface area contributed by atoms with Crippen LogP contribution in [0.2, 0.25) is 0 Å². The van der Waals surface area contributed by atoms with Crippen molar-refractivity contribution in [3.8, 4) is 6.07 Å². The van der Waals surface area contributed by atoms with Crippen molar-refractivity contribution < 1.29 is 31.8 Å². The van der Waals surface area contributed by atoms with E-state index >= 15 is 0 Å². The number of rotatable bonds is 7. The number of ether oxygens (including phenoxy) is 2. The summed E-state index contributed by atoms with van der Waals surface area (Å²) in [7, 11) is 0. The zero-order valence-electron chi connectivity index (χ0n) is 19.8. The standard InChI is InChI=1S/C23H22F4N8O3/c24-15-1-12(2-17(15)38-21(36)32-22-5-11(6-22)7-22)16-4-18(34-33-16)31-20-30-13(8-28)3-19-29-14(9-35(19)20)10-37-23(25,26)27/h3-4,9,11-12,15,17H,1-2,5-7,10H2,(H,32,36)(H2,30,31,33,34)/t11?,12-,15+,17-,22?/m0/s1. The number of halogens is 4. The lowest BCUT2D eigenvalue weighted by molar-refractivity contribution is -0.330. The number of aromatic nitrogens is 5. The van der Waals surface area contributed by atoms with Crippen molar-refractivity contribution in [1.29, 1.82) is 5.26 Å². The molecule has 2 bridgehead atoms. The molecule has 4 aliphatic rings. The molecule has 0 radical (unpaired) electrons. The summed E-state index contributed by atoms with van der Waals surface area (Å²) in [5, 5.41) is 22.1. The Kier molecular flexibility index (Phi) is 5.67. The van der Waals surface area contributed by atoms with Crippen LogP contribution in [0.5, 0.6) is 0 Å². The second-order valence-electron chi connectivity index (χ2n) is 10.1. The monoisotopic (exact) mass is 534 g/mol. The van der Waals surface area contributed by atoms with E-state index in [4.69, 9.17) is 4.74 Å². The van der Waals surface area contributed by atoms with Gasteiger partial charge in [0, 0.05) is 35.5 Å². The average molecular weight is 534 g/mol. The van der Waals surface area contributed by atoms with Crippen molar-refractivity contribution in [2.24, 2.45) is 5.92 Å². The maximum absolute atomic E-state index is 14.7. The van der Waals surface area contributed by atoms with Crippen molar-refractivity contribution in [3.05, 3.63) is 35.4 Å². The largest absolute Gasteiger partial charge is 0.522 e. The van der Waals surface area contributed by atoms with Crippen molar-refractivity contribution in [3.63, 3.8) is 0 Å². The number of carbonyl (C=O) groups is 1. The fraction of sp³-hybridized carbons (Fsp3) is 0.522. The summed E-state index contributed by atoms with van der Waals surface area (Å²) >= 11 is 0. The highest BCUT2D eigenvalue weighted by molar-refractivity contribution is 5.69. The lowest BCUT2D eigenvalue weighted by Crippen LogP contribution is -2.68. The number of anilines is 2. The van der Waals surface area contributed by atoms with Gasteiger partial charge in [0.25, 0.3) is 0 Å². The summed E-state index contributed by atoms with van der Waals surface area (Å²) in [6.45, 7) is -0.812. The van der Waals surface area contributed by atoms with E-state index < -0.39 is 31.3 Å². The van der Waals surface area contributed by atoms with E-state index in [2.05, 4.69) is 35.5 Å². The van der Waals surface area contributed by atoms with Crippen molar-refractivity contribution in [1.82, 2.24) is 29.9 Å². The Morgan fingerprint density at radius 1 is 1.26 bits per heavy atom. The predicted octanol–water partition coefficient (Wildman–Crippen LogP) is 3.97. The van der Waals surface area contributed by atoms with Crippen molar-refractivity contribution in [2.75, 3.05) is 5.32 Å².